The van der Waals surface area contributed by atoms with Gasteiger partial charge in [-0.05, 0) is 42.7 Å². The van der Waals surface area contributed by atoms with Crippen molar-refractivity contribution < 1.29 is 16.8 Å². The van der Waals surface area contributed by atoms with Crippen LogP contribution in [0.2, 0.25) is 0 Å². The maximum Gasteiger partial charge on any atom is 0.238 e. The summed E-state index contributed by atoms with van der Waals surface area (Å²) in [6.07, 6.45) is 3.33. The number of hydrogen-bond donors (Lipinski definition) is 1. The summed E-state index contributed by atoms with van der Waals surface area (Å²) in [5, 5.41) is 18.1. The van der Waals surface area contributed by atoms with Crippen LogP contribution in [0.25, 0.3) is 33.8 Å². The molecule has 0 radical (unpaired) electrons. The molecule has 9 nitrogen and oxygen atoms in total. The van der Waals surface area contributed by atoms with E-state index in [-0.39, 0.29) is 23.6 Å². The number of rotatable bonds is 7. The molecule has 3 aromatic heterocycles. The number of primary sulfonamides is 1. The molecule has 0 saturated heterocycles. The maximum absolute atomic E-state index is 13.4. The highest BCUT2D eigenvalue weighted by Gasteiger charge is 2.24. The molecule has 0 atom stereocenters. The van der Waals surface area contributed by atoms with Crippen molar-refractivity contribution in [2.24, 2.45) is 5.14 Å². The van der Waals surface area contributed by atoms with Gasteiger partial charge >= 0.3 is 0 Å². The molecule has 0 aliphatic rings. The second-order valence-corrected chi connectivity index (χ2v) is 10.5. The molecule has 2 aromatic carbocycles. The smallest absolute Gasteiger partial charge is 0.238 e. The zero-order chi connectivity index (χ0) is 26.2. The summed E-state index contributed by atoms with van der Waals surface area (Å²) in [5.74, 6) is 0.363. The lowest BCUT2D eigenvalue weighted by Gasteiger charge is -2.09. The second kappa shape index (κ2) is 9.88. The number of aryl methyl sites for hydroxylation is 1. The third kappa shape index (κ3) is 4.90. The van der Waals surface area contributed by atoms with Crippen LogP contribution in [0.3, 0.4) is 0 Å². The third-order valence-corrected chi connectivity index (χ3v) is 7.63. The summed E-state index contributed by atoms with van der Waals surface area (Å²) in [5.41, 5.74) is 5.26. The molecule has 0 aliphatic heterocycles. The van der Waals surface area contributed by atoms with Crippen LogP contribution in [0.15, 0.2) is 81.3 Å². The summed E-state index contributed by atoms with van der Waals surface area (Å²) >= 11 is 0.197. The second-order valence-electron chi connectivity index (χ2n) is 8.39. The Balaban J connectivity index is 1.57. The Morgan fingerprint density at radius 2 is 1.78 bits per heavy atom. The Hall–Kier alpha value is -3.87. The van der Waals surface area contributed by atoms with E-state index >= 15 is 0 Å². The minimum atomic E-state index is -3.85. The summed E-state index contributed by atoms with van der Waals surface area (Å²) in [4.78, 5) is 4.97. The van der Waals surface area contributed by atoms with Crippen LogP contribution in [0.4, 0.5) is 3.89 Å². The molecule has 37 heavy (non-hydrogen) atoms. The number of hydrogen-bond acceptors (Lipinski definition) is 8. The van der Waals surface area contributed by atoms with Gasteiger partial charge < -0.3 is 4.52 Å². The van der Waals surface area contributed by atoms with E-state index in [1.165, 1.54) is 12.1 Å². The van der Waals surface area contributed by atoms with Crippen molar-refractivity contribution >= 4 is 22.2 Å². The normalized spacial score (nSPS) is 11.7. The number of pyridine rings is 1. The van der Waals surface area contributed by atoms with Crippen LogP contribution in [0.1, 0.15) is 16.8 Å². The van der Waals surface area contributed by atoms with Crippen molar-refractivity contribution in [1.82, 2.24) is 25.1 Å². The number of benzene rings is 2. The molecular formula is C25H21FN6O3S2. The largest absolute Gasteiger partial charge is 0.353 e. The molecule has 12 heteroatoms. The van der Waals surface area contributed by atoms with Crippen LogP contribution < -0.4 is 5.14 Å². The highest BCUT2D eigenvalue weighted by Crippen LogP contribution is 2.39. The zero-order valence-corrected chi connectivity index (χ0v) is 21.4. The van der Waals surface area contributed by atoms with Gasteiger partial charge in [-0.25, -0.2) is 18.2 Å². The number of halogens is 1. The first-order chi connectivity index (χ1) is 17.8. The molecule has 0 unspecified atom stereocenters. The fraction of sp³-hybridized carbons (Fsp3) is 0.120. The van der Waals surface area contributed by atoms with Crippen molar-refractivity contribution in [3.05, 3.63) is 83.8 Å². The first kappa shape index (κ1) is 24.8. The van der Waals surface area contributed by atoms with Gasteiger partial charge in [0.2, 0.25) is 10.0 Å². The van der Waals surface area contributed by atoms with Crippen molar-refractivity contribution in [1.29, 1.82) is 0 Å². The summed E-state index contributed by atoms with van der Waals surface area (Å²) < 4.78 is 44.2. The van der Waals surface area contributed by atoms with E-state index in [4.69, 9.17) is 9.66 Å². The van der Waals surface area contributed by atoms with Crippen molar-refractivity contribution in [3.8, 4) is 33.8 Å². The van der Waals surface area contributed by atoms with Crippen LogP contribution in [-0.2, 0) is 16.6 Å². The average Bonchev–Trinajstić information content (AvgIpc) is 3.53. The van der Waals surface area contributed by atoms with Crippen LogP contribution in [0, 0.1) is 13.8 Å². The monoisotopic (exact) mass is 536 g/mol. The van der Waals surface area contributed by atoms with E-state index in [1.807, 2.05) is 44.2 Å². The van der Waals surface area contributed by atoms with E-state index in [9.17, 15) is 12.3 Å². The van der Waals surface area contributed by atoms with Crippen molar-refractivity contribution in [2.75, 3.05) is 0 Å². The average molecular weight is 537 g/mol. The van der Waals surface area contributed by atoms with Gasteiger partial charge in [0, 0.05) is 16.7 Å². The lowest BCUT2D eigenvalue weighted by molar-refractivity contribution is 0.434. The Labute approximate surface area is 216 Å². The maximum atomic E-state index is 13.4. The molecule has 0 bridgehead atoms. The Morgan fingerprint density at radius 3 is 2.46 bits per heavy atom. The van der Waals surface area contributed by atoms with E-state index in [0.717, 1.165) is 16.7 Å². The van der Waals surface area contributed by atoms with Crippen LogP contribution in [0.5, 0.6) is 0 Å². The molecule has 0 saturated carbocycles. The Morgan fingerprint density at radius 1 is 1.05 bits per heavy atom. The number of aromatic nitrogens is 5. The fourth-order valence-corrected chi connectivity index (χ4v) is 4.93. The molecule has 0 spiro atoms. The summed E-state index contributed by atoms with van der Waals surface area (Å²) in [7, 11) is -3.85. The zero-order valence-electron chi connectivity index (χ0n) is 19.8. The van der Waals surface area contributed by atoms with Gasteiger partial charge in [-0.15, -0.1) is 5.10 Å². The van der Waals surface area contributed by atoms with Crippen LogP contribution >= 0.6 is 12.1 Å². The van der Waals surface area contributed by atoms with E-state index < -0.39 is 10.0 Å². The van der Waals surface area contributed by atoms with Gasteiger partial charge in [0.1, 0.15) is 5.69 Å². The first-order valence-corrected chi connectivity index (χ1v) is 13.3. The fourth-order valence-electron chi connectivity index (χ4n) is 4.01. The van der Waals surface area contributed by atoms with E-state index in [1.54, 1.807) is 29.2 Å². The van der Waals surface area contributed by atoms with Crippen molar-refractivity contribution in [2.45, 2.75) is 30.2 Å². The Kier molecular flexibility index (Phi) is 6.63. The predicted molar refractivity (Wildman–Crippen MR) is 138 cm³/mol. The highest BCUT2D eigenvalue weighted by molar-refractivity contribution is 7.94. The molecular weight excluding hydrogens is 515 g/mol. The summed E-state index contributed by atoms with van der Waals surface area (Å²) in [6.45, 7) is 3.91. The standard InChI is InChI=1S/C25H21FN6O3S2/c1-15-12-28-20(16(2)25(15)36-26)13-32-14-21(29-31-32)24-22(17-8-10-19(11-9-17)37(27,33)34)23(30-35-24)18-6-4-3-5-7-18/h3-12,14H,13H2,1-2H3,(H2,27,33,34). The summed E-state index contributed by atoms with van der Waals surface area (Å²) in [6, 6.07) is 15.6. The van der Waals surface area contributed by atoms with Gasteiger partial charge in [0.15, 0.2) is 11.5 Å². The van der Waals surface area contributed by atoms with Gasteiger partial charge in [-0.1, -0.05) is 52.8 Å². The molecule has 3 heterocycles. The van der Waals surface area contributed by atoms with Gasteiger partial charge in [-0.2, -0.15) is 3.89 Å². The van der Waals surface area contributed by atoms with Crippen LogP contribution in [-0.4, -0.2) is 33.6 Å². The topological polar surface area (TPSA) is 130 Å². The highest BCUT2D eigenvalue weighted by atomic mass is 32.2. The molecule has 0 aliphatic carbocycles. The molecule has 2 N–H and O–H groups in total. The number of sulfonamides is 1. The van der Waals surface area contributed by atoms with Gasteiger partial charge in [0.25, 0.3) is 0 Å². The Bertz CT molecular complexity index is 1680. The quantitative estimate of drug-likeness (QED) is 0.309. The minimum absolute atomic E-state index is 0.00626. The molecule has 188 valence electrons. The molecule has 0 fully saturated rings. The lowest BCUT2D eigenvalue weighted by atomic mass is 9.98. The number of nitrogens with zero attached hydrogens (tertiary/aromatic N) is 5. The predicted octanol–water partition coefficient (Wildman–Crippen LogP) is 4.95. The SMILES string of the molecule is Cc1cnc(Cn2cc(-c3onc(-c4ccccc4)c3-c3ccc(S(N)(=O)=O)cc3)nn2)c(C)c1SF. The van der Waals surface area contributed by atoms with Gasteiger partial charge in [0.05, 0.1) is 41.0 Å². The minimum Gasteiger partial charge on any atom is -0.353 e. The number of nitrogens with two attached hydrogens (primary N) is 1. The molecule has 0 amide bonds. The molecule has 5 rings (SSSR count). The molecule has 5 aromatic rings. The van der Waals surface area contributed by atoms with Crippen molar-refractivity contribution in [3.63, 3.8) is 0 Å². The third-order valence-electron chi connectivity index (χ3n) is 5.92. The lowest BCUT2D eigenvalue weighted by Crippen LogP contribution is -2.11. The van der Waals surface area contributed by atoms with E-state index in [0.29, 0.717) is 38.9 Å². The first-order valence-electron chi connectivity index (χ1n) is 11.1. The van der Waals surface area contributed by atoms with Gasteiger partial charge in [-0.3, -0.25) is 4.98 Å². The van der Waals surface area contributed by atoms with E-state index in [2.05, 4.69) is 20.5 Å².